The maximum atomic E-state index is 13.3. The molecule has 0 unspecified atom stereocenters. The molecule has 0 aromatic heterocycles. The first-order valence-electron chi connectivity index (χ1n) is 4.96. The maximum Gasteiger partial charge on any atom is 0.128 e. The second kappa shape index (κ2) is 4.47. The molecule has 0 aliphatic heterocycles. The molecule has 0 amide bonds. The summed E-state index contributed by atoms with van der Waals surface area (Å²) in [4.78, 5) is 0. The first-order valence-corrected chi connectivity index (χ1v) is 5.34. The van der Waals surface area contributed by atoms with Crippen LogP contribution in [0.2, 0.25) is 5.02 Å². The Morgan fingerprint density at radius 1 is 1.47 bits per heavy atom. The van der Waals surface area contributed by atoms with E-state index in [-0.39, 0.29) is 24.6 Å². The van der Waals surface area contributed by atoms with Crippen molar-refractivity contribution in [2.24, 2.45) is 5.73 Å². The predicted molar refractivity (Wildman–Crippen MR) is 57.2 cm³/mol. The van der Waals surface area contributed by atoms with Gasteiger partial charge < -0.3 is 10.5 Å². The predicted octanol–water partition coefficient (Wildman–Crippen LogP) is 2.49. The largest absolute Gasteiger partial charge is 0.373 e. The molecule has 0 saturated heterocycles. The van der Waals surface area contributed by atoms with E-state index < -0.39 is 0 Å². The van der Waals surface area contributed by atoms with Gasteiger partial charge in [-0.2, -0.15) is 0 Å². The maximum absolute atomic E-state index is 13.3. The van der Waals surface area contributed by atoms with Gasteiger partial charge in [0.1, 0.15) is 5.82 Å². The van der Waals surface area contributed by atoms with Crippen molar-refractivity contribution in [2.75, 3.05) is 0 Å². The van der Waals surface area contributed by atoms with E-state index in [0.717, 1.165) is 12.8 Å². The fourth-order valence-electron chi connectivity index (χ4n) is 1.60. The van der Waals surface area contributed by atoms with Crippen molar-refractivity contribution in [3.8, 4) is 0 Å². The van der Waals surface area contributed by atoms with Gasteiger partial charge >= 0.3 is 0 Å². The summed E-state index contributed by atoms with van der Waals surface area (Å²) >= 11 is 5.76. The molecule has 82 valence electrons. The molecule has 0 heterocycles. The molecule has 0 spiro atoms. The van der Waals surface area contributed by atoms with Crippen LogP contribution in [0.3, 0.4) is 0 Å². The zero-order chi connectivity index (χ0) is 10.8. The zero-order valence-electron chi connectivity index (χ0n) is 8.25. The molecule has 0 atom stereocenters. The van der Waals surface area contributed by atoms with Crippen LogP contribution in [0.5, 0.6) is 0 Å². The lowest BCUT2D eigenvalue weighted by atomic mass is 9.90. The minimum absolute atomic E-state index is 0.179. The molecule has 15 heavy (non-hydrogen) atoms. The Bertz CT molecular complexity index is 352. The molecule has 1 aromatic carbocycles. The molecular weight excluding hydrogens is 217 g/mol. The van der Waals surface area contributed by atoms with E-state index in [1.54, 1.807) is 6.07 Å². The summed E-state index contributed by atoms with van der Waals surface area (Å²) in [7, 11) is 0. The normalized spacial score (nSPS) is 25.0. The second-order valence-corrected chi connectivity index (χ2v) is 4.34. The summed E-state index contributed by atoms with van der Waals surface area (Å²) in [5, 5.41) is 0.528. The Labute approximate surface area is 93.2 Å². The van der Waals surface area contributed by atoms with Crippen molar-refractivity contribution in [1.82, 2.24) is 0 Å². The molecule has 1 fully saturated rings. The third-order valence-corrected chi connectivity index (χ3v) is 2.85. The second-order valence-electron chi connectivity index (χ2n) is 3.90. The molecule has 2 nitrogen and oxygen atoms in total. The van der Waals surface area contributed by atoms with Gasteiger partial charge in [-0.1, -0.05) is 11.6 Å². The van der Waals surface area contributed by atoms with E-state index in [1.807, 2.05) is 0 Å². The summed E-state index contributed by atoms with van der Waals surface area (Å²) in [6.07, 6.45) is 1.91. The first kappa shape index (κ1) is 10.9. The lowest BCUT2D eigenvalue weighted by molar-refractivity contribution is -0.0198. The third-order valence-electron chi connectivity index (χ3n) is 2.61. The van der Waals surface area contributed by atoms with Crippen LogP contribution >= 0.6 is 11.6 Å². The van der Waals surface area contributed by atoms with Crippen LogP contribution < -0.4 is 5.73 Å². The number of benzene rings is 1. The molecule has 1 saturated carbocycles. The van der Waals surface area contributed by atoms with Gasteiger partial charge in [0.25, 0.3) is 0 Å². The SMILES string of the molecule is NC1CC(OCc2cc(Cl)ccc2F)C1. The van der Waals surface area contributed by atoms with Crippen molar-refractivity contribution in [3.63, 3.8) is 0 Å². The van der Waals surface area contributed by atoms with Crippen molar-refractivity contribution in [1.29, 1.82) is 0 Å². The molecule has 4 heteroatoms. The van der Waals surface area contributed by atoms with Crippen LogP contribution in [-0.2, 0) is 11.3 Å². The highest BCUT2D eigenvalue weighted by Gasteiger charge is 2.26. The van der Waals surface area contributed by atoms with Crippen LogP contribution in [0.15, 0.2) is 18.2 Å². The van der Waals surface area contributed by atoms with Gasteiger partial charge in [0.05, 0.1) is 12.7 Å². The summed E-state index contributed by atoms with van der Waals surface area (Å²) in [6.45, 7) is 0.268. The van der Waals surface area contributed by atoms with Gasteiger partial charge in [0.15, 0.2) is 0 Å². The van der Waals surface area contributed by atoms with Crippen molar-refractivity contribution in [3.05, 3.63) is 34.6 Å². The number of ether oxygens (including phenoxy) is 1. The van der Waals surface area contributed by atoms with Gasteiger partial charge in [0.2, 0.25) is 0 Å². The molecular formula is C11H13ClFNO. The standard InChI is InChI=1S/C11H13ClFNO/c12-8-1-2-11(13)7(3-8)6-15-10-4-9(14)5-10/h1-3,9-10H,4-6,14H2. The monoisotopic (exact) mass is 229 g/mol. The molecule has 0 radical (unpaired) electrons. The average molecular weight is 230 g/mol. The molecule has 2 N–H and O–H groups in total. The average Bonchev–Trinajstić information content (AvgIpc) is 2.16. The van der Waals surface area contributed by atoms with Gasteiger partial charge in [-0.25, -0.2) is 4.39 Å². The van der Waals surface area contributed by atoms with Crippen LogP contribution in [0.25, 0.3) is 0 Å². The summed E-state index contributed by atoms with van der Waals surface area (Å²) < 4.78 is 18.7. The van der Waals surface area contributed by atoms with E-state index in [9.17, 15) is 4.39 Å². The summed E-state index contributed by atoms with van der Waals surface area (Å²) in [6, 6.07) is 4.72. The zero-order valence-corrected chi connectivity index (χ0v) is 9.01. The Kier molecular flexibility index (Phi) is 3.24. The highest BCUT2D eigenvalue weighted by atomic mass is 35.5. The Morgan fingerprint density at radius 2 is 2.20 bits per heavy atom. The topological polar surface area (TPSA) is 35.2 Å². The third kappa shape index (κ3) is 2.68. The van der Waals surface area contributed by atoms with Crippen LogP contribution in [0.4, 0.5) is 4.39 Å². The van der Waals surface area contributed by atoms with Crippen molar-refractivity contribution < 1.29 is 9.13 Å². The fraction of sp³-hybridized carbons (Fsp3) is 0.455. The van der Waals surface area contributed by atoms with Gasteiger partial charge in [-0.15, -0.1) is 0 Å². The smallest absolute Gasteiger partial charge is 0.128 e. The minimum atomic E-state index is -0.275. The van der Waals surface area contributed by atoms with E-state index >= 15 is 0 Å². The molecule has 1 aromatic rings. The minimum Gasteiger partial charge on any atom is -0.373 e. The molecule has 1 aliphatic carbocycles. The number of halogens is 2. The van der Waals surface area contributed by atoms with E-state index in [1.165, 1.54) is 12.1 Å². The van der Waals surface area contributed by atoms with Crippen molar-refractivity contribution >= 4 is 11.6 Å². The Hall–Kier alpha value is -0.640. The van der Waals surface area contributed by atoms with E-state index in [4.69, 9.17) is 22.1 Å². The van der Waals surface area contributed by atoms with Crippen molar-refractivity contribution in [2.45, 2.75) is 31.6 Å². The number of hydrogen-bond donors (Lipinski definition) is 1. The molecule has 1 aliphatic rings. The van der Waals surface area contributed by atoms with Crippen LogP contribution in [0.1, 0.15) is 18.4 Å². The molecule has 0 bridgehead atoms. The highest BCUT2D eigenvalue weighted by molar-refractivity contribution is 6.30. The fourth-order valence-corrected chi connectivity index (χ4v) is 1.80. The summed E-state index contributed by atoms with van der Waals surface area (Å²) in [5.74, 6) is -0.275. The van der Waals surface area contributed by atoms with E-state index in [2.05, 4.69) is 0 Å². The van der Waals surface area contributed by atoms with Crippen LogP contribution in [-0.4, -0.2) is 12.1 Å². The highest BCUT2D eigenvalue weighted by Crippen LogP contribution is 2.23. The Balaban J connectivity index is 1.90. The van der Waals surface area contributed by atoms with Gasteiger partial charge in [0, 0.05) is 16.6 Å². The van der Waals surface area contributed by atoms with Crippen LogP contribution in [0, 0.1) is 5.82 Å². The lowest BCUT2D eigenvalue weighted by Crippen LogP contribution is -2.41. The quantitative estimate of drug-likeness (QED) is 0.864. The van der Waals surface area contributed by atoms with Gasteiger partial charge in [-0.05, 0) is 31.0 Å². The van der Waals surface area contributed by atoms with Gasteiger partial charge in [-0.3, -0.25) is 0 Å². The first-order chi connectivity index (χ1) is 7.15. The Morgan fingerprint density at radius 3 is 2.87 bits per heavy atom. The number of hydrogen-bond acceptors (Lipinski definition) is 2. The van der Waals surface area contributed by atoms with E-state index in [0.29, 0.717) is 10.6 Å². The number of nitrogens with two attached hydrogens (primary N) is 1. The molecule has 2 rings (SSSR count). The number of rotatable bonds is 3. The summed E-state index contributed by atoms with van der Waals surface area (Å²) in [5.41, 5.74) is 6.12. The lowest BCUT2D eigenvalue weighted by Gasteiger charge is -2.32.